The molecule has 0 aliphatic carbocycles. The first kappa shape index (κ1) is 18.8. The first-order valence-electron chi connectivity index (χ1n) is 6.99. The van der Waals surface area contributed by atoms with Crippen LogP contribution >= 0.6 is 23.1 Å². The van der Waals surface area contributed by atoms with Crippen molar-refractivity contribution in [2.24, 2.45) is 7.05 Å². The number of rotatable bonds is 4. The van der Waals surface area contributed by atoms with Gasteiger partial charge in [0.15, 0.2) is 5.16 Å². The number of carbonyl (C=O) groups excluding carboxylic acids is 1. The number of aromatic nitrogens is 2. The van der Waals surface area contributed by atoms with Gasteiger partial charge in [-0.1, -0.05) is 11.8 Å². The van der Waals surface area contributed by atoms with Crippen LogP contribution in [0.2, 0.25) is 0 Å². The van der Waals surface area contributed by atoms with Crippen molar-refractivity contribution < 1.29 is 18.0 Å². The SMILES string of the molecule is Cc1sc2nc(SC(C)C(=O)NCC(F)(F)F)n(C)c(=O)c2c1C. The summed E-state index contributed by atoms with van der Waals surface area (Å²) in [5.41, 5.74) is 0.642. The molecule has 1 atom stereocenters. The second kappa shape index (κ2) is 6.75. The third-order valence-electron chi connectivity index (χ3n) is 3.48. The first-order chi connectivity index (χ1) is 11.0. The highest BCUT2D eigenvalue weighted by atomic mass is 32.2. The maximum Gasteiger partial charge on any atom is 0.405 e. The highest BCUT2D eigenvalue weighted by molar-refractivity contribution is 8.00. The minimum Gasteiger partial charge on any atom is -0.346 e. The van der Waals surface area contributed by atoms with Gasteiger partial charge < -0.3 is 5.32 Å². The van der Waals surface area contributed by atoms with Crippen LogP contribution in [0, 0.1) is 13.8 Å². The van der Waals surface area contributed by atoms with Gasteiger partial charge in [-0.25, -0.2) is 4.98 Å². The van der Waals surface area contributed by atoms with Gasteiger partial charge in [0.1, 0.15) is 11.4 Å². The van der Waals surface area contributed by atoms with Crippen molar-refractivity contribution in [1.29, 1.82) is 0 Å². The van der Waals surface area contributed by atoms with Crippen LogP contribution in [-0.4, -0.2) is 33.4 Å². The molecule has 0 aromatic carbocycles. The second-order valence-corrected chi connectivity index (χ2v) is 7.83. The lowest BCUT2D eigenvalue weighted by Crippen LogP contribution is -2.38. The molecule has 0 spiro atoms. The number of halogens is 3. The first-order valence-corrected chi connectivity index (χ1v) is 8.68. The number of amides is 1. The van der Waals surface area contributed by atoms with Crippen LogP contribution < -0.4 is 10.9 Å². The van der Waals surface area contributed by atoms with E-state index in [1.54, 1.807) is 0 Å². The van der Waals surface area contributed by atoms with Crippen LogP contribution in [0.4, 0.5) is 13.2 Å². The molecule has 2 heterocycles. The number of nitrogens with zero attached hydrogens (tertiary/aromatic N) is 2. The maximum atomic E-state index is 12.5. The number of alkyl halides is 3. The zero-order chi connectivity index (χ0) is 18.2. The molecule has 5 nitrogen and oxygen atoms in total. The van der Waals surface area contributed by atoms with Gasteiger partial charge in [0.05, 0.1) is 10.6 Å². The van der Waals surface area contributed by atoms with Crippen molar-refractivity contribution in [3.63, 3.8) is 0 Å². The van der Waals surface area contributed by atoms with Gasteiger partial charge in [-0.2, -0.15) is 13.2 Å². The summed E-state index contributed by atoms with van der Waals surface area (Å²) in [6.07, 6.45) is -4.46. The number of hydrogen-bond donors (Lipinski definition) is 1. The molecule has 0 saturated heterocycles. The fraction of sp³-hybridized carbons (Fsp3) is 0.500. The van der Waals surface area contributed by atoms with E-state index in [1.807, 2.05) is 19.2 Å². The number of nitrogens with one attached hydrogen (secondary N) is 1. The van der Waals surface area contributed by atoms with Crippen molar-refractivity contribution in [3.8, 4) is 0 Å². The Hall–Kier alpha value is -1.55. The molecule has 2 rings (SSSR count). The Morgan fingerprint density at radius 2 is 2.04 bits per heavy atom. The quantitative estimate of drug-likeness (QED) is 0.655. The van der Waals surface area contributed by atoms with Gasteiger partial charge in [-0.15, -0.1) is 11.3 Å². The van der Waals surface area contributed by atoms with Gasteiger partial charge in [-0.05, 0) is 26.3 Å². The minimum absolute atomic E-state index is 0.229. The monoisotopic (exact) mass is 379 g/mol. The molecule has 0 saturated carbocycles. The molecular weight excluding hydrogens is 363 g/mol. The van der Waals surface area contributed by atoms with Crippen molar-refractivity contribution in [2.45, 2.75) is 37.4 Å². The van der Waals surface area contributed by atoms with Crippen LogP contribution in [0.1, 0.15) is 17.4 Å². The fourth-order valence-electron chi connectivity index (χ4n) is 2.00. The molecule has 0 aliphatic heterocycles. The summed E-state index contributed by atoms with van der Waals surface area (Å²) in [5, 5.41) is 1.85. The smallest absolute Gasteiger partial charge is 0.346 e. The van der Waals surface area contributed by atoms with E-state index in [9.17, 15) is 22.8 Å². The molecule has 2 aromatic rings. The predicted molar refractivity (Wildman–Crippen MR) is 88.7 cm³/mol. The van der Waals surface area contributed by atoms with Crippen LogP contribution in [0.25, 0.3) is 10.2 Å². The number of fused-ring (bicyclic) bond motifs is 1. The Labute approximate surface area is 144 Å². The zero-order valence-electron chi connectivity index (χ0n) is 13.4. The van der Waals surface area contributed by atoms with E-state index >= 15 is 0 Å². The van der Waals surface area contributed by atoms with Gasteiger partial charge in [0, 0.05) is 11.9 Å². The Morgan fingerprint density at radius 1 is 1.42 bits per heavy atom. The maximum absolute atomic E-state index is 12.5. The summed E-state index contributed by atoms with van der Waals surface area (Å²) < 4.78 is 37.8. The van der Waals surface area contributed by atoms with Crippen LogP contribution in [0.5, 0.6) is 0 Å². The van der Waals surface area contributed by atoms with Gasteiger partial charge >= 0.3 is 6.18 Å². The Bertz CT molecular complexity index is 842. The predicted octanol–water partition coefficient (Wildman–Crippen LogP) is 2.77. The van der Waals surface area contributed by atoms with Gasteiger partial charge in [-0.3, -0.25) is 14.2 Å². The summed E-state index contributed by atoms with van der Waals surface area (Å²) in [5.74, 6) is -0.759. The summed E-state index contributed by atoms with van der Waals surface area (Å²) in [6, 6.07) is 0. The Morgan fingerprint density at radius 3 is 2.62 bits per heavy atom. The molecular formula is C14H16F3N3O2S2. The van der Waals surface area contributed by atoms with E-state index in [4.69, 9.17) is 0 Å². The van der Waals surface area contributed by atoms with E-state index in [0.717, 1.165) is 22.2 Å². The molecule has 0 aliphatic rings. The van der Waals surface area contributed by atoms with E-state index < -0.39 is 23.9 Å². The normalized spacial score (nSPS) is 13.3. The van der Waals surface area contributed by atoms with E-state index in [0.29, 0.717) is 15.4 Å². The molecule has 24 heavy (non-hydrogen) atoms. The van der Waals surface area contributed by atoms with Crippen LogP contribution in [-0.2, 0) is 11.8 Å². The Balaban J connectivity index is 2.25. The average molecular weight is 379 g/mol. The van der Waals surface area contributed by atoms with Gasteiger partial charge in [0.25, 0.3) is 5.56 Å². The molecule has 0 bridgehead atoms. The van der Waals surface area contributed by atoms with Gasteiger partial charge in [0.2, 0.25) is 5.91 Å². The van der Waals surface area contributed by atoms with Crippen molar-refractivity contribution in [2.75, 3.05) is 6.54 Å². The molecule has 1 amide bonds. The molecule has 1 N–H and O–H groups in total. The van der Waals surface area contributed by atoms with E-state index in [2.05, 4.69) is 4.98 Å². The Kier molecular flexibility index (Phi) is 5.28. The number of thioether (sulfide) groups is 1. The third kappa shape index (κ3) is 3.92. The lowest BCUT2D eigenvalue weighted by molar-refractivity contribution is -0.137. The number of carbonyl (C=O) groups is 1. The molecule has 2 aromatic heterocycles. The average Bonchev–Trinajstić information content (AvgIpc) is 2.76. The van der Waals surface area contributed by atoms with Crippen molar-refractivity contribution in [1.82, 2.24) is 14.9 Å². The van der Waals surface area contributed by atoms with E-state index in [-0.39, 0.29) is 5.56 Å². The number of thiophene rings is 1. The van der Waals surface area contributed by atoms with Crippen molar-refractivity contribution in [3.05, 3.63) is 20.8 Å². The lowest BCUT2D eigenvalue weighted by Gasteiger charge is -2.14. The highest BCUT2D eigenvalue weighted by Gasteiger charge is 2.29. The second-order valence-electron chi connectivity index (χ2n) is 5.32. The number of hydrogen-bond acceptors (Lipinski definition) is 5. The number of aryl methyl sites for hydroxylation is 2. The summed E-state index contributed by atoms with van der Waals surface area (Å²) in [7, 11) is 1.53. The fourth-order valence-corrected chi connectivity index (χ4v) is 3.97. The molecule has 1 unspecified atom stereocenters. The molecule has 10 heteroatoms. The summed E-state index contributed by atoms with van der Waals surface area (Å²) in [6.45, 7) is 3.82. The molecule has 132 valence electrons. The minimum atomic E-state index is -4.46. The topological polar surface area (TPSA) is 64.0 Å². The van der Waals surface area contributed by atoms with Crippen LogP contribution in [0.3, 0.4) is 0 Å². The summed E-state index contributed by atoms with van der Waals surface area (Å²) in [4.78, 5) is 30.2. The highest BCUT2D eigenvalue weighted by Crippen LogP contribution is 2.29. The largest absolute Gasteiger partial charge is 0.405 e. The third-order valence-corrected chi connectivity index (χ3v) is 5.73. The molecule has 0 fully saturated rings. The van der Waals surface area contributed by atoms with E-state index in [1.165, 1.54) is 29.9 Å². The lowest BCUT2D eigenvalue weighted by atomic mass is 10.2. The molecule has 0 radical (unpaired) electrons. The van der Waals surface area contributed by atoms with Crippen molar-refractivity contribution >= 4 is 39.2 Å². The standard InChI is InChI=1S/C14H16F3N3O2S2/c1-6-7(2)23-11-9(6)12(22)20(4)13(19-11)24-8(3)10(21)18-5-14(15,16)17/h8H,5H2,1-4H3,(H,18,21). The van der Waals surface area contributed by atoms with Crippen LogP contribution in [0.15, 0.2) is 9.95 Å². The summed E-state index contributed by atoms with van der Waals surface area (Å²) >= 11 is 2.33. The zero-order valence-corrected chi connectivity index (χ0v) is 15.1.